The Morgan fingerprint density at radius 1 is 1.15 bits per heavy atom. The zero-order chi connectivity index (χ0) is 19.0. The third kappa shape index (κ3) is 4.35. The van der Waals surface area contributed by atoms with Crippen LogP contribution in [0.5, 0.6) is 0 Å². The average molecular weight is 412 g/mol. The second-order valence-corrected chi connectivity index (χ2v) is 9.30. The van der Waals surface area contributed by atoms with Crippen molar-refractivity contribution in [2.75, 3.05) is 44.3 Å². The molecule has 2 aromatic rings. The second-order valence-electron chi connectivity index (χ2n) is 7.88. The fourth-order valence-corrected chi connectivity index (χ4v) is 5.10. The first-order chi connectivity index (χ1) is 12.9. The first-order valence-electron chi connectivity index (χ1n) is 9.50. The fourth-order valence-electron chi connectivity index (χ4n) is 3.87. The molecule has 0 saturated carbocycles. The van der Waals surface area contributed by atoms with Gasteiger partial charge < -0.3 is 14.7 Å². The summed E-state index contributed by atoms with van der Waals surface area (Å²) in [5.41, 5.74) is 0.0873. The predicted octanol–water partition coefficient (Wildman–Crippen LogP) is 2.56. The predicted molar refractivity (Wildman–Crippen MR) is 108 cm³/mol. The molecule has 4 rings (SSSR count). The Kier molecular flexibility index (Phi) is 5.53. The number of hydrogen-bond acceptors (Lipinski definition) is 8. The molecule has 9 heteroatoms. The van der Waals surface area contributed by atoms with Crippen molar-refractivity contribution in [3.8, 4) is 0 Å². The van der Waals surface area contributed by atoms with Crippen LogP contribution >= 0.6 is 22.9 Å². The SMILES string of the molecule is CC(C)(O)C1CCN(Cc2nc3nc(Cl)nc(N4CCOCC4)c3s2)CC1. The van der Waals surface area contributed by atoms with Crippen molar-refractivity contribution >= 4 is 39.1 Å². The lowest BCUT2D eigenvalue weighted by atomic mass is 9.83. The number of fused-ring (bicyclic) bond motifs is 1. The van der Waals surface area contributed by atoms with Gasteiger partial charge in [0.1, 0.15) is 9.71 Å². The topological polar surface area (TPSA) is 74.6 Å². The van der Waals surface area contributed by atoms with Gasteiger partial charge in [-0.15, -0.1) is 11.3 Å². The summed E-state index contributed by atoms with van der Waals surface area (Å²) in [6.07, 6.45) is 2.03. The number of morpholine rings is 1. The number of piperidine rings is 1. The Labute approximate surface area is 168 Å². The van der Waals surface area contributed by atoms with E-state index in [-0.39, 0.29) is 5.28 Å². The Balaban J connectivity index is 1.50. The minimum Gasteiger partial charge on any atom is -0.390 e. The number of halogens is 1. The van der Waals surface area contributed by atoms with E-state index in [4.69, 9.17) is 21.3 Å². The fraction of sp³-hybridized carbons (Fsp3) is 0.722. The lowest BCUT2D eigenvalue weighted by Gasteiger charge is -2.37. The van der Waals surface area contributed by atoms with E-state index < -0.39 is 5.60 Å². The monoisotopic (exact) mass is 411 g/mol. The molecule has 0 bridgehead atoms. The molecule has 0 aliphatic carbocycles. The van der Waals surface area contributed by atoms with E-state index in [1.165, 1.54) is 0 Å². The van der Waals surface area contributed by atoms with Crippen molar-refractivity contribution in [2.24, 2.45) is 5.92 Å². The summed E-state index contributed by atoms with van der Waals surface area (Å²) in [7, 11) is 0. The van der Waals surface area contributed by atoms with E-state index in [2.05, 4.69) is 19.8 Å². The van der Waals surface area contributed by atoms with Gasteiger partial charge in [-0.25, -0.2) is 4.98 Å². The van der Waals surface area contributed by atoms with Gasteiger partial charge >= 0.3 is 0 Å². The van der Waals surface area contributed by atoms with Crippen LogP contribution in [0.15, 0.2) is 0 Å². The van der Waals surface area contributed by atoms with Gasteiger partial charge in [0.2, 0.25) is 5.28 Å². The summed E-state index contributed by atoms with van der Waals surface area (Å²) in [4.78, 5) is 18.1. The molecular formula is C18H26ClN5O2S. The van der Waals surface area contributed by atoms with E-state index in [9.17, 15) is 5.11 Å². The van der Waals surface area contributed by atoms with Gasteiger partial charge in [0.05, 0.1) is 25.4 Å². The van der Waals surface area contributed by atoms with Crippen molar-refractivity contribution < 1.29 is 9.84 Å². The molecule has 0 unspecified atom stereocenters. The molecule has 2 fully saturated rings. The van der Waals surface area contributed by atoms with Gasteiger partial charge in [-0.2, -0.15) is 9.97 Å². The summed E-state index contributed by atoms with van der Waals surface area (Å²) in [6, 6.07) is 0. The largest absolute Gasteiger partial charge is 0.390 e. The van der Waals surface area contributed by atoms with Gasteiger partial charge in [0.25, 0.3) is 0 Å². The van der Waals surface area contributed by atoms with Crippen LogP contribution in [0.3, 0.4) is 0 Å². The molecule has 0 aromatic carbocycles. The highest BCUT2D eigenvalue weighted by Gasteiger charge is 2.31. The van der Waals surface area contributed by atoms with Crippen LogP contribution in [-0.2, 0) is 11.3 Å². The van der Waals surface area contributed by atoms with E-state index in [0.717, 1.165) is 61.1 Å². The quantitative estimate of drug-likeness (QED) is 0.775. The van der Waals surface area contributed by atoms with Gasteiger partial charge in [-0.3, -0.25) is 4.90 Å². The normalized spacial score (nSPS) is 20.5. The Bertz CT molecular complexity index is 795. The van der Waals surface area contributed by atoms with E-state index in [1.54, 1.807) is 11.3 Å². The molecule has 27 heavy (non-hydrogen) atoms. The number of likely N-dealkylation sites (tertiary alicyclic amines) is 1. The first kappa shape index (κ1) is 19.3. The molecule has 1 N–H and O–H groups in total. The molecule has 2 aliphatic rings. The van der Waals surface area contributed by atoms with Crippen LogP contribution in [0, 0.1) is 5.92 Å². The smallest absolute Gasteiger partial charge is 0.226 e. The molecule has 0 radical (unpaired) electrons. The Hall–Kier alpha value is -1.06. The summed E-state index contributed by atoms with van der Waals surface area (Å²) >= 11 is 7.81. The van der Waals surface area contributed by atoms with Crippen molar-refractivity contribution in [1.82, 2.24) is 19.9 Å². The van der Waals surface area contributed by atoms with E-state index in [0.29, 0.717) is 24.8 Å². The van der Waals surface area contributed by atoms with Crippen molar-refractivity contribution in [3.63, 3.8) is 0 Å². The molecule has 2 aliphatic heterocycles. The van der Waals surface area contributed by atoms with Crippen LogP contribution in [0.1, 0.15) is 31.7 Å². The van der Waals surface area contributed by atoms with Crippen molar-refractivity contribution in [1.29, 1.82) is 0 Å². The molecule has 2 saturated heterocycles. The molecular weight excluding hydrogens is 386 g/mol. The minimum absolute atomic E-state index is 0.242. The van der Waals surface area contributed by atoms with Gasteiger partial charge in [-0.1, -0.05) is 0 Å². The Morgan fingerprint density at radius 3 is 2.52 bits per heavy atom. The summed E-state index contributed by atoms with van der Waals surface area (Å²) in [5.74, 6) is 1.24. The number of hydrogen-bond donors (Lipinski definition) is 1. The van der Waals surface area contributed by atoms with Gasteiger partial charge in [0.15, 0.2) is 11.5 Å². The van der Waals surface area contributed by atoms with Crippen LogP contribution in [-0.4, -0.2) is 70.0 Å². The molecule has 0 atom stereocenters. The number of anilines is 1. The Morgan fingerprint density at radius 2 is 1.85 bits per heavy atom. The van der Waals surface area contributed by atoms with Crippen LogP contribution in [0.4, 0.5) is 5.82 Å². The lowest BCUT2D eigenvalue weighted by molar-refractivity contribution is -0.0136. The zero-order valence-corrected chi connectivity index (χ0v) is 17.4. The average Bonchev–Trinajstić information content (AvgIpc) is 3.03. The van der Waals surface area contributed by atoms with E-state index >= 15 is 0 Å². The highest BCUT2D eigenvalue weighted by Crippen LogP contribution is 2.33. The third-order valence-electron chi connectivity index (χ3n) is 5.51. The van der Waals surface area contributed by atoms with Gasteiger partial charge in [0, 0.05) is 13.1 Å². The number of nitrogens with zero attached hydrogens (tertiary/aromatic N) is 5. The molecule has 0 spiro atoms. The molecule has 2 aromatic heterocycles. The number of rotatable bonds is 4. The standard InChI is InChI=1S/C18H26ClN5O2S/c1-18(2,25)12-3-5-23(6-4-12)11-13-20-15-14(27-13)16(22-17(19)21-15)24-7-9-26-10-8-24/h12,25H,3-11H2,1-2H3. The number of aliphatic hydroxyl groups is 1. The highest BCUT2D eigenvalue weighted by molar-refractivity contribution is 7.19. The zero-order valence-electron chi connectivity index (χ0n) is 15.8. The van der Waals surface area contributed by atoms with Gasteiger partial charge in [-0.05, 0) is 57.3 Å². The maximum Gasteiger partial charge on any atom is 0.226 e. The molecule has 0 amide bonds. The number of aromatic nitrogens is 3. The summed E-state index contributed by atoms with van der Waals surface area (Å²) in [6.45, 7) is 9.60. The molecule has 7 nitrogen and oxygen atoms in total. The highest BCUT2D eigenvalue weighted by atomic mass is 35.5. The first-order valence-corrected chi connectivity index (χ1v) is 10.7. The number of thiazole rings is 1. The van der Waals surface area contributed by atoms with Crippen molar-refractivity contribution in [3.05, 3.63) is 10.3 Å². The third-order valence-corrected chi connectivity index (χ3v) is 6.70. The van der Waals surface area contributed by atoms with E-state index in [1.807, 2.05) is 13.8 Å². The maximum atomic E-state index is 10.2. The minimum atomic E-state index is -0.596. The maximum absolute atomic E-state index is 10.2. The van der Waals surface area contributed by atoms with Crippen LogP contribution < -0.4 is 4.90 Å². The molecule has 4 heterocycles. The van der Waals surface area contributed by atoms with Crippen LogP contribution in [0.2, 0.25) is 5.28 Å². The number of ether oxygens (including phenoxy) is 1. The van der Waals surface area contributed by atoms with Crippen LogP contribution in [0.25, 0.3) is 10.3 Å². The lowest BCUT2D eigenvalue weighted by Crippen LogP contribution is -2.41. The summed E-state index contributed by atoms with van der Waals surface area (Å²) < 4.78 is 6.45. The summed E-state index contributed by atoms with van der Waals surface area (Å²) in [5, 5.41) is 11.5. The van der Waals surface area contributed by atoms with Crippen molar-refractivity contribution in [2.45, 2.75) is 38.8 Å². The second kappa shape index (κ2) is 7.75. The molecule has 148 valence electrons.